The number of H-pyrrole nitrogens is 1. The topological polar surface area (TPSA) is 63.9 Å². The Kier molecular flexibility index (Phi) is 5.09. The van der Waals surface area contributed by atoms with Gasteiger partial charge in [-0.1, -0.05) is 42.4 Å². The van der Waals surface area contributed by atoms with Crippen LogP contribution in [-0.4, -0.2) is 22.3 Å². The van der Waals surface area contributed by atoms with Crippen LogP contribution >= 0.6 is 23.4 Å². The van der Waals surface area contributed by atoms with Crippen LogP contribution < -0.4 is 4.74 Å². The van der Waals surface area contributed by atoms with Crippen LogP contribution in [0.1, 0.15) is 18.1 Å². The molecule has 4 aromatic rings. The summed E-state index contributed by atoms with van der Waals surface area (Å²) in [7, 11) is 1.66. The van der Waals surface area contributed by atoms with Crippen LogP contribution in [0.5, 0.6) is 5.75 Å². The van der Waals surface area contributed by atoms with E-state index in [4.69, 9.17) is 20.8 Å². The van der Waals surface area contributed by atoms with Gasteiger partial charge < -0.3 is 14.1 Å². The summed E-state index contributed by atoms with van der Waals surface area (Å²) in [6.07, 6.45) is 0.840. The molecule has 0 aliphatic carbocycles. The number of hydrogen-bond donors (Lipinski definition) is 1. The van der Waals surface area contributed by atoms with Crippen LogP contribution in [0.4, 0.5) is 0 Å². The molecule has 0 bridgehead atoms. The van der Waals surface area contributed by atoms with E-state index in [-0.39, 0.29) is 0 Å². The molecule has 0 amide bonds. The molecule has 27 heavy (non-hydrogen) atoms. The van der Waals surface area contributed by atoms with Crippen molar-refractivity contribution in [1.82, 2.24) is 15.2 Å². The van der Waals surface area contributed by atoms with Crippen LogP contribution in [0.3, 0.4) is 0 Å². The second kappa shape index (κ2) is 7.66. The summed E-state index contributed by atoms with van der Waals surface area (Å²) in [6.45, 7) is 2.10. The first-order chi connectivity index (χ1) is 13.2. The van der Waals surface area contributed by atoms with Gasteiger partial charge in [-0.05, 0) is 47.9 Å². The predicted octanol–water partition coefficient (Wildman–Crippen LogP) is 5.73. The van der Waals surface area contributed by atoms with Gasteiger partial charge in [0.05, 0.1) is 7.11 Å². The Bertz CT molecular complexity index is 1070. The number of aryl methyl sites for hydroxylation is 1. The average Bonchev–Trinajstić information content (AvgIpc) is 3.30. The first kappa shape index (κ1) is 17.9. The number of fused-ring (bicyclic) bond motifs is 1. The van der Waals surface area contributed by atoms with Gasteiger partial charge in [-0.2, -0.15) is 0 Å². The third-order valence-electron chi connectivity index (χ3n) is 4.36. The molecule has 2 aromatic carbocycles. The Morgan fingerprint density at radius 1 is 1.15 bits per heavy atom. The Balaban J connectivity index is 1.56. The number of ether oxygens (including phenoxy) is 1. The molecule has 0 fully saturated rings. The minimum Gasteiger partial charge on any atom is -0.497 e. The van der Waals surface area contributed by atoms with E-state index >= 15 is 0 Å². The first-order valence-corrected chi connectivity index (χ1v) is 9.94. The molecule has 0 saturated carbocycles. The van der Waals surface area contributed by atoms with Crippen molar-refractivity contribution in [2.24, 2.45) is 0 Å². The second-order valence-corrected chi connectivity index (χ2v) is 7.39. The van der Waals surface area contributed by atoms with Gasteiger partial charge in [-0.3, -0.25) is 0 Å². The van der Waals surface area contributed by atoms with Crippen molar-refractivity contribution >= 4 is 34.3 Å². The summed E-state index contributed by atoms with van der Waals surface area (Å²) in [5, 5.41) is 10.8. The van der Waals surface area contributed by atoms with Crippen LogP contribution in [0.2, 0.25) is 5.02 Å². The number of methoxy groups -OCH3 is 1. The van der Waals surface area contributed by atoms with Crippen molar-refractivity contribution in [2.45, 2.75) is 24.3 Å². The smallest absolute Gasteiger partial charge is 0.277 e. The second-order valence-electron chi connectivity index (χ2n) is 6.03. The Hall–Kier alpha value is -2.44. The minimum absolute atomic E-state index is 0.497. The Labute approximate surface area is 166 Å². The number of rotatable bonds is 6. The zero-order chi connectivity index (χ0) is 18.8. The van der Waals surface area contributed by atoms with Gasteiger partial charge in [-0.15, -0.1) is 10.2 Å². The fourth-order valence-corrected chi connectivity index (χ4v) is 3.90. The van der Waals surface area contributed by atoms with Gasteiger partial charge in [0, 0.05) is 21.7 Å². The molecule has 138 valence electrons. The molecule has 0 radical (unpaired) electrons. The van der Waals surface area contributed by atoms with E-state index in [2.05, 4.69) is 22.1 Å². The van der Waals surface area contributed by atoms with E-state index < -0.39 is 0 Å². The summed E-state index contributed by atoms with van der Waals surface area (Å²) < 4.78 is 11.1. The van der Waals surface area contributed by atoms with Crippen LogP contribution in [0.15, 0.2) is 52.1 Å². The molecule has 5 nitrogen and oxygen atoms in total. The highest BCUT2D eigenvalue weighted by Crippen LogP contribution is 2.33. The van der Waals surface area contributed by atoms with Gasteiger partial charge >= 0.3 is 0 Å². The van der Waals surface area contributed by atoms with Crippen molar-refractivity contribution in [2.75, 3.05) is 7.11 Å². The number of aromatic nitrogens is 3. The molecule has 0 aliphatic heterocycles. The summed E-state index contributed by atoms with van der Waals surface area (Å²) >= 11 is 7.66. The van der Waals surface area contributed by atoms with Gasteiger partial charge in [0.25, 0.3) is 11.1 Å². The summed E-state index contributed by atoms with van der Waals surface area (Å²) in [6, 6.07) is 13.7. The molecule has 0 unspecified atom stereocenters. The van der Waals surface area contributed by atoms with E-state index in [1.807, 2.05) is 42.5 Å². The lowest BCUT2D eigenvalue weighted by atomic mass is 10.1. The number of benzene rings is 2. The molecule has 1 N–H and O–H groups in total. The Morgan fingerprint density at radius 2 is 1.96 bits per heavy atom. The summed E-state index contributed by atoms with van der Waals surface area (Å²) in [5.74, 6) is 2.08. The third kappa shape index (κ3) is 3.68. The van der Waals surface area contributed by atoms with Crippen LogP contribution in [0, 0.1) is 0 Å². The number of nitrogens with one attached hydrogen (secondary N) is 1. The molecule has 2 heterocycles. The SMILES string of the molecule is CCc1c(-c2nnc(SCc3ccc(OC)cc3)o2)[nH]c2ccc(Cl)cc12. The number of hydrogen-bond acceptors (Lipinski definition) is 5. The number of halogens is 1. The molecule has 7 heteroatoms. The standard InChI is InChI=1S/C20H18ClN3O2S/c1-3-15-16-10-13(21)6-9-17(16)22-18(15)19-23-24-20(26-19)27-11-12-4-7-14(25-2)8-5-12/h4-10,22H,3,11H2,1-2H3. The highest BCUT2D eigenvalue weighted by atomic mass is 35.5. The van der Waals surface area contributed by atoms with E-state index in [0.717, 1.165) is 45.6 Å². The molecule has 0 saturated heterocycles. The van der Waals surface area contributed by atoms with Crippen molar-refractivity contribution in [3.05, 3.63) is 58.6 Å². The van der Waals surface area contributed by atoms with Crippen LogP contribution in [-0.2, 0) is 12.2 Å². The summed E-state index contributed by atoms with van der Waals surface area (Å²) in [5.41, 5.74) is 4.16. The lowest BCUT2D eigenvalue weighted by molar-refractivity contribution is 0.414. The largest absolute Gasteiger partial charge is 0.497 e. The maximum absolute atomic E-state index is 6.15. The van der Waals surface area contributed by atoms with Gasteiger partial charge in [0.1, 0.15) is 11.4 Å². The normalized spacial score (nSPS) is 11.2. The van der Waals surface area contributed by atoms with Gasteiger partial charge in [0.2, 0.25) is 0 Å². The maximum Gasteiger partial charge on any atom is 0.277 e. The molecule has 4 rings (SSSR count). The lowest BCUT2D eigenvalue weighted by Crippen LogP contribution is -1.84. The van der Waals surface area contributed by atoms with Crippen molar-refractivity contribution in [1.29, 1.82) is 0 Å². The lowest BCUT2D eigenvalue weighted by Gasteiger charge is -2.01. The minimum atomic E-state index is 0.497. The monoisotopic (exact) mass is 399 g/mol. The number of aromatic amines is 1. The average molecular weight is 400 g/mol. The van der Waals surface area contributed by atoms with Gasteiger partial charge in [0.15, 0.2) is 0 Å². The van der Waals surface area contributed by atoms with Crippen molar-refractivity contribution in [3.8, 4) is 17.3 Å². The highest BCUT2D eigenvalue weighted by Gasteiger charge is 2.17. The Morgan fingerprint density at radius 3 is 2.70 bits per heavy atom. The summed E-state index contributed by atoms with van der Waals surface area (Å²) in [4.78, 5) is 3.38. The number of thioether (sulfide) groups is 1. The fourth-order valence-electron chi connectivity index (χ4n) is 3.01. The molecule has 0 spiro atoms. The van der Waals surface area contributed by atoms with E-state index in [9.17, 15) is 0 Å². The van der Waals surface area contributed by atoms with Crippen molar-refractivity contribution < 1.29 is 9.15 Å². The first-order valence-electron chi connectivity index (χ1n) is 8.57. The molecular formula is C20H18ClN3O2S. The zero-order valence-electron chi connectivity index (χ0n) is 15.0. The highest BCUT2D eigenvalue weighted by molar-refractivity contribution is 7.98. The van der Waals surface area contributed by atoms with E-state index in [1.165, 1.54) is 11.8 Å². The quantitative estimate of drug-likeness (QED) is 0.419. The van der Waals surface area contributed by atoms with Gasteiger partial charge in [-0.25, -0.2) is 0 Å². The van der Waals surface area contributed by atoms with E-state index in [1.54, 1.807) is 7.11 Å². The molecular weight excluding hydrogens is 382 g/mol. The van der Waals surface area contributed by atoms with Crippen LogP contribution in [0.25, 0.3) is 22.5 Å². The third-order valence-corrected chi connectivity index (χ3v) is 5.49. The van der Waals surface area contributed by atoms with E-state index in [0.29, 0.717) is 16.1 Å². The predicted molar refractivity (Wildman–Crippen MR) is 109 cm³/mol. The molecule has 0 aliphatic rings. The number of nitrogens with zero attached hydrogens (tertiary/aromatic N) is 2. The molecule has 2 aromatic heterocycles. The fraction of sp³-hybridized carbons (Fsp3) is 0.200. The molecule has 0 atom stereocenters. The maximum atomic E-state index is 6.15. The van der Waals surface area contributed by atoms with Crippen molar-refractivity contribution in [3.63, 3.8) is 0 Å². The zero-order valence-corrected chi connectivity index (χ0v) is 16.5.